The van der Waals surface area contributed by atoms with Gasteiger partial charge in [-0.05, 0) is 19.3 Å². The van der Waals surface area contributed by atoms with Crippen LogP contribution in [0.25, 0.3) is 0 Å². The van der Waals surface area contributed by atoms with Gasteiger partial charge in [0, 0.05) is 12.5 Å². The summed E-state index contributed by atoms with van der Waals surface area (Å²) in [4.78, 5) is 11.7. The molecule has 17 heavy (non-hydrogen) atoms. The molecule has 0 fully saturated rings. The quantitative estimate of drug-likeness (QED) is 0.281. The summed E-state index contributed by atoms with van der Waals surface area (Å²) in [5, 5.41) is 0. The van der Waals surface area contributed by atoms with E-state index in [2.05, 4.69) is 26.2 Å². The second kappa shape index (κ2) is 9.64. The molecule has 0 rings (SSSR count). The number of ketones is 1. The molecule has 0 saturated carbocycles. The summed E-state index contributed by atoms with van der Waals surface area (Å²) in [7, 11) is -1.17. The largest absolute Gasteiger partial charge is 0.300 e. The molecule has 100 valence electrons. The fourth-order valence-electron chi connectivity index (χ4n) is 2.00. The molecule has 0 aromatic heterocycles. The first kappa shape index (κ1) is 16.6. The lowest BCUT2D eigenvalue weighted by molar-refractivity contribution is -0.117. The Morgan fingerprint density at radius 1 is 1.00 bits per heavy atom. The van der Waals surface area contributed by atoms with Crippen LogP contribution in [0.5, 0.6) is 0 Å². The van der Waals surface area contributed by atoms with Crippen LogP contribution in [-0.4, -0.2) is 13.9 Å². The van der Waals surface area contributed by atoms with Crippen molar-refractivity contribution in [1.29, 1.82) is 0 Å². The van der Waals surface area contributed by atoms with Gasteiger partial charge in [0.05, 0.1) is 8.07 Å². The predicted octanol–water partition coefficient (Wildman–Crippen LogP) is 5.20. The van der Waals surface area contributed by atoms with Gasteiger partial charge in [-0.1, -0.05) is 51.4 Å². The number of carbonyl (C=O) groups is 1. The Morgan fingerprint density at radius 2 is 1.53 bits per heavy atom. The minimum Gasteiger partial charge on any atom is -0.300 e. The molecule has 0 unspecified atom stereocenters. The highest BCUT2D eigenvalue weighted by Crippen LogP contribution is 2.13. The van der Waals surface area contributed by atoms with Crippen molar-refractivity contribution in [1.82, 2.24) is 0 Å². The SMILES string of the molecule is C=CCCCCCCCCC(=O)C[Si](C)(C)C. The van der Waals surface area contributed by atoms with Crippen LogP contribution in [0.15, 0.2) is 12.7 Å². The number of hydrogen-bond acceptors (Lipinski definition) is 1. The fraction of sp³-hybridized carbons (Fsp3) is 0.800. The van der Waals surface area contributed by atoms with Gasteiger partial charge in [0.2, 0.25) is 0 Å². The van der Waals surface area contributed by atoms with E-state index in [4.69, 9.17) is 0 Å². The Labute approximate surface area is 109 Å². The molecule has 0 bridgehead atoms. The topological polar surface area (TPSA) is 17.1 Å². The second-order valence-electron chi connectivity index (χ2n) is 6.22. The van der Waals surface area contributed by atoms with Crippen molar-refractivity contribution in [2.75, 3.05) is 0 Å². The van der Waals surface area contributed by atoms with E-state index in [9.17, 15) is 4.79 Å². The number of Topliss-reactive ketones (excluding diaryl/α,β-unsaturated/α-hetero) is 1. The molecule has 0 saturated heterocycles. The third kappa shape index (κ3) is 13.6. The van der Waals surface area contributed by atoms with Crippen molar-refractivity contribution in [2.24, 2.45) is 0 Å². The zero-order valence-electron chi connectivity index (χ0n) is 12.1. The smallest absolute Gasteiger partial charge is 0.130 e. The molecule has 0 radical (unpaired) electrons. The molecule has 0 amide bonds. The van der Waals surface area contributed by atoms with Crippen molar-refractivity contribution < 1.29 is 4.79 Å². The summed E-state index contributed by atoms with van der Waals surface area (Å²) in [6, 6.07) is 0.867. The Balaban J connectivity index is 3.28. The molecule has 0 heterocycles. The normalized spacial score (nSPS) is 11.5. The van der Waals surface area contributed by atoms with Gasteiger partial charge in [-0.3, -0.25) is 0 Å². The van der Waals surface area contributed by atoms with Gasteiger partial charge in [0.1, 0.15) is 5.78 Å². The van der Waals surface area contributed by atoms with E-state index >= 15 is 0 Å². The average Bonchev–Trinajstić information content (AvgIpc) is 2.19. The standard InChI is InChI=1S/C15H30OSi/c1-5-6-7-8-9-10-11-12-13-15(16)14-17(2,3)4/h5H,1,6-14H2,2-4H3. The maximum atomic E-state index is 11.7. The summed E-state index contributed by atoms with van der Waals surface area (Å²) >= 11 is 0. The van der Waals surface area contributed by atoms with E-state index in [1.54, 1.807) is 0 Å². The molecule has 0 aromatic rings. The first-order valence-electron chi connectivity index (χ1n) is 7.08. The highest BCUT2D eigenvalue weighted by molar-refractivity contribution is 6.78. The average molecular weight is 254 g/mol. The minimum atomic E-state index is -1.17. The third-order valence-electron chi connectivity index (χ3n) is 2.84. The van der Waals surface area contributed by atoms with Gasteiger partial charge >= 0.3 is 0 Å². The van der Waals surface area contributed by atoms with Gasteiger partial charge < -0.3 is 4.79 Å². The van der Waals surface area contributed by atoms with E-state index in [1.807, 2.05) is 6.08 Å². The molecule has 1 nitrogen and oxygen atoms in total. The zero-order valence-corrected chi connectivity index (χ0v) is 13.1. The van der Waals surface area contributed by atoms with E-state index in [0.29, 0.717) is 5.78 Å². The molecular formula is C15H30OSi. The molecule has 0 aliphatic heterocycles. The molecular weight excluding hydrogens is 224 g/mol. The monoisotopic (exact) mass is 254 g/mol. The first-order valence-corrected chi connectivity index (χ1v) is 10.8. The van der Waals surface area contributed by atoms with Crippen molar-refractivity contribution in [2.45, 2.75) is 77.1 Å². The Hall–Kier alpha value is -0.373. The van der Waals surface area contributed by atoms with Crippen LogP contribution in [0.2, 0.25) is 25.7 Å². The third-order valence-corrected chi connectivity index (χ3v) is 4.30. The lowest BCUT2D eigenvalue weighted by Crippen LogP contribution is -2.23. The van der Waals surface area contributed by atoms with Crippen molar-refractivity contribution >= 4 is 13.9 Å². The molecule has 0 aliphatic carbocycles. The fourth-order valence-corrected chi connectivity index (χ4v) is 3.36. The lowest BCUT2D eigenvalue weighted by atomic mass is 10.1. The molecule has 2 heteroatoms. The van der Waals surface area contributed by atoms with Crippen LogP contribution in [0.1, 0.15) is 51.4 Å². The van der Waals surface area contributed by atoms with Crippen molar-refractivity contribution in [3.63, 3.8) is 0 Å². The number of rotatable bonds is 11. The summed E-state index contributed by atoms with van der Waals surface area (Å²) in [5.74, 6) is 0.496. The van der Waals surface area contributed by atoms with Gasteiger partial charge in [-0.25, -0.2) is 0 Å². The zero-order chi connectivity index (χ0) is 13.1. The minimum absolute atomic E-state index is 0.496. The van der Waals surface area contributed by atoms with Gasteiger partial charge in [-0.2, -0.15) is 0 Å². The summed E-state index contributed by atoms with van der Waals surface area (Å²) in [6.45, 7) is 10.5. The van der Waals surface area contributed by atoms with Crippen LogP contribution in [-0.2, 0) is 4.79 Å². The van der Waals surface area contributed by atoms with Gasteiger partial charge in [-0.15, -0.1) is 6.58 Å². The highest BCUT2D eigenvalue weighted by atomic mass is 28.3. The first-order chi connectivity index (χ1) is 7.95. The van der Waals surface area contributed by atoms with E-state index in [-0.39, 0.29) is 0 Å². The molecule has 0 spiro atoms. The molecule has 0 N–H and O–H groups in total. The van der Waals surface area contributed by atoms with Crippen molar-refractivity contribution in [3.05, 3.63) is 12.7 Å². The maximum Gasteiger partial charge on any atom is 0.130 e. The van der Waals surface area contributed by atoms with Crippen molar-refractivity contribution in [3.8, 4) is 0 Å². The van der Waals surface area contributed by atoms with E-state index in [0.717, 1.165) is 25.3 Å². The van der Waals surface area contributed by atoms with Crippen LogP contribution in [0.3, 0.4) is 0 Å². The lowest BCUT2D eigenvalue weighted by Gasteiger charge is -2.13. The summed E-state index contributed by atoms with van der Waals surface area (Å²) < 4.78 is 0. The highest BCUT2D eigenvalue weighted by Gasteiger charge is 2.17. The summed E-state index contributed by atoms with van der Waals surface area (Å²) in [6.07, 6.45) is 11.5. The molecule has 0 atom stereocenters. The maximum absolute atomic E-state index is 11.7. The number of unbranched alkanes of at least 4 members (excludes halogenated alkanes) is 6. The number of hydrogen-bond donors (Lipinski definition) is 0. The molecule has 0 aromatic carbocycles. The number of allylic oxidation sites excluding steroid dienone is 1. The second-order valence-corrected chi connectivity index (χ2v) is 11.7. The van der Waals surface area contributed by atoms with Gasteiger partial charge in [0.15, 0.2) is 0 Å². The Morgan fingerprint density at radius 3 is 2.06 bits per heavy atom. The molecule has 0 aliphatic rings. The number of carbonyl (C=O) groups excluding carboxylic acids is 1. The van der Waals surface area contributed by atoms with Crippen LogP contribution < -0.4 is 0 Å². The van der Waals surface area contributed by atoms with E-state index < -0.39 is 8.07 Å². The van der Waals surface area contributed by atoms with Crippen LogP contribution >= 0.6 is 0 Å². The van der Waals surface area contributed by atoms with E-state index in [1.165, 1.54) is 32.1 Å². The Bertz CT molecular complexity index is 215. The Kier molecular flexibility index (Phi) is 9.42. The van der Waals surface area contributed by atoms with Crippen LogP contribution in [0, 0.1) is 0 Å². The van der Waals surface area contributed by atoms with Crippen LogP contribution in [0.4, 0.5) is 0 Å². The predicted molar refractivity (Wildman–Crippen MR) is 80.3 cm³/mol. The van der Waals surface area contributed by atoms with Gasteiger partial charge in [0.25, 0.3) is 0 Å². The summed E-state index contributed by atoms with van der Waals surface area (Å²) in [5.41, 5.74) is 0.